The van der Waals surface area contributed by atoms with E-state index in [1.807, 2.05) is 6.07 Å². The van der Waals surface area contributed by atoms with Crippen molar-refractivity contribution < 1.29 is 9.90 Å². The van der Waals surface area contributed by atoms with Gasteiger partial charge in [0.25, 0.3) is 0 Å². The Bertz CT molecular complexity index is 415. The third-order valence-corrected chi connectivity index (χ3v) is 3.25. The van der Waals surface area contributed by atoms with E-state index in [1.54, 1.807) is 18.2 Å². The number of hydrogen-bond acceptors (Lipinski definition) is 3. The van der Waals surface area contributed by atoms with Crippen molar-refractivity contribution in [3.63, 3.8) is 0 Å². The van der Waals surface area contributed by atoms with Crippen LogP contribution in [0.5, 0.6) is 5.75 Å². The molecule has 1 aromatic rings. The molecule has 5 nitrogen and oxygen atoms in total. The number of benzene rings is 1. The molecule has 5 heteroatoms. The molecular weight excluding hydrogens is 242 g/mol. The fraction of sp³-hybridized carbons (Fsp3) is 0.500. The van der Waals surface area contributed by atoms with Crippen molar-refractivity contribution in [1.29, 1.82) is 0 Å². The Labute approximate surface area is 113 Å². The lowest BCUT2D eigenvalue weighted by molar-refractivity contribution is 0.236. The molecule has 0 bridgehead atoms. The minimum atomic E-state index is -0.156. The average Bonchev–Trinajstić information content (AvgIpc) is 2.65. The van der Waals surface area contributed by atoms with Gasteiger partial charge in [-0.15, -0.1) is 0 Å². The fourth-order valence-electron chi connectivity index (χ4n) is 2.23. The molecule has 19 heavy (non-hydrogen) atoms. The Morgan fingerprint density at radius 2 is 2.32 bits per heavy atom. The standard InChI is InChI=1S/C14H21N3O2/c18-13-6-3-4-11(8-13)9-16-14(19)17-12-5-1-2-7-15-10-12/h3-4,6,8,12,15,18H,1-2,5,7,9-10H2,(H2,16,17,19). The first-order valence-corrected chi connectivity index (χ1v) is 6.77. The van der Waals surface area contributed by atoms with E-state index in [-0.39, 0.29) is 17.8 Å². The summed E-state index contributed by atoms with van der Waals surface area (Å²) < 4.78 is 0. The monoisotopic (exact) mass is 263 g/mol. The van der Waals surface area contributed by atoms with E-state index in [0.717, 1.165) is 31.5 Å². The molecule has 0 spiro atoms. The molecule has 1 atom stereocenters. The number of carbonyl (C=O) groups excluding carboxylic acids is 1. The fourth-order valence-corrected chi connectivity index (χ4v) is 2.23. The lowest BCUT2D eigenvalue weighted by Gasteiger charge is -2.17. The number of nitrogens with one attached hydrogen (secondary N) is 3. The summed E-state index contributed by atoms with van der Waals surface area (Å²) in [5.41, 5.74) is 0.883. The third-order valence-electron chi connectivity index (χ3n) is 3.25. The zero-order valence-electron chi connectivity index (χ0n) is 11.0. The first kappa shape index (κ1) is 13.7. The van der Waals surface area contributed by atoms with E-state index >= 15 is 0 Å². The summed E-state index contributed by atoms with van der Waals surface area (Å²) in [5, 5.41) is 18.4. The van der Waals surface area contributed by atoms with Crippen molar-refractivity contribution in [3.8, 4) is 5.75 Å². The minimum Gasteiger partial charge on any atom is -0.508 e. The number of carbonyl (C=O) groups is 1. The zero-order chi connectivity index (χ0) is 13.5. The van der Waals surface area contributed by atoms with Crippen LogP contribution in [0, 0.1) is 0 Å². The largest absolute Gasteiger partial charge is 0.508 e. The number of urea groups is 1. The van der Waals surface area contributed by atoms with Gasteiger partial charge in [0.05, 0.1) is 0 Å². The predicted molar refractivity (Wildman–Crippen MR) is 74.0 cm³/mol. The molecule has 0 radical (unpaired) electrons. The molecule has 0 saturated carbocycles. The van der Waals surface area contributed by atoms with Crippen molar-refractivity contribution in [2.45, 2.75) is 31.8 Å². The number of phenols is 1. The number of rotatable bonds is 3. The summed E-state index contributed by atoms with van der Waals surface area (Å²) in [6, 6.07) is 6.93. The lowest BCUT2D eigenvalue weighted by atomic mass is 10.1. The Morgan fingerprint density at radius 3 is 3.16 bits per heavy atom. The van der Waals surface area contributed by atoms with E-state index in [0.29, 0.717) is 6.54 Å². The molecule has 1 heterocycles. The molecular formula is C14H21N3O2. The van der Waals surface area contributed by atoms with Crippen LogP contribution in [0.25, 0.3) is 0 Å². The van der Waals surface area contributed by atoms with Crippen LogP contribution in [0.4, 0.5) is 4.79 Å². The van der Waals surface area contributed by atoms with Crippen molar-refractivity contribution in [3.05, 3.63) is 29.8 Å². The van der Waals surface area contributed by atoms with Gasteiger partial charge >= 0.3 is 6.03 Å². The van der Waals surface area contributed by atoms with Gasteiger partial charge in [0.15, 0.2) is 0 Å². The van der Waals surface area contributed by atoms with Gasteiger partial charge < -0.3 is 21.1 Å². The van der Waals surface area contributed by atoms with E-state index in [4.69, 9.17) is 0 Å². The smallest absolute Gasteiger partial charge is 0.315 e. The summed E-state index contributed by atoms with van der Waals surface area (Å²) in [5.74, 6) is 0.215. The average molecular weight is 263 g/mol. The van der Waals surface area contributed by atoms with Crippen LogP contribution in [0.2, 0.25) is 0 Å². The van der Waals surface area contributed by atoms with E-state index in [2.05, 4.69) is 16.0 Å². The van der Waals surface area contributed by atoms with Gasteiger partial charge in [0.2, 0.25) is 0 Å². The molecule has 2 rings (SSSR count). The molecule has 1 aliphatic heterocycles. The summed E-state index contributed by atoms with van der Waals surface area (Å²) in [6.07, 6.45) is 3.33. The highest BCUT2D eigenvalue weighted by Crippen LogP contribution is 2.10. The molecule has 1 aromatic carbocycles. The van der Waals surface area contributed by atoms with Crippen LogP contribution in [0.1, 0.15) is 24.8 Å². The number of phenolic OH excluding ortho intramolecular Hbond substituents is 1. The molecule has 1 fully saturated rings. The topological polar surface area (TPSA) is 73.4 Å². The van der Waals surface area contributed by atoms with Gasteiger partial charge in [-0.1, -0.05) is 18.6 Å². The van der Waals surface area contributed by atoms with Gasteiger partial charge in [-0.05, 0) is 37.1 Å². The normalized spacial score (nSPS) is 19.5. The second-order valence-corrected chi connectivity index (χ2v) is 4.89. The molecule has 104 valence electrons. The van der Waals surface area contributed by atoms with Crippen LogP contribution < -0.4 is 16.0 Å². The number of aromatic hydroxyl groups is 1. The van der Waals surface area contributed by atoms with Crippen molar-refractivity contribution in [1.82, 2.24) is 16.0 Å². The molecule has 1 unspecified atom stereocenters. The van der Waals surface area contributed by atoms with E-state index in [1.165, 1.54) is 6.42 Å². The maximum atomic E-state index is 11.8. The highest BCUT2D eigenvalue weighted by Gasteiger charge is 2.13. The Kier molecular flexibility index (Phi) is 5.03. The summed E-state index contributed by atoms with van der Waals surface area (Å²) >= 11 is 0. The first-order valence-electron chi connectivity index (χ1n) is 6.77. The molecule has 1 saturated heterocycles. The lowest BCUT2D eigenvalue weighted by Crippen LogP contribution is -2.45. The predicted octanol–water partition coefficient (Wildman–Crippen LogP) is 1.33. The van der Waals surface area contributed by atoms with Crippen molar-refractivity contribution >= 4 is 6.03 Å². The van der Waals surface area contributed by atoms with Gasteiger partial charge in [-0.3, -0.25) is 0 Å². The maximum Gasteiger partial charge on any atom is 0.315 e. The SMILES string of the molecule is O=C(NCc1cccc(O)c1)NC1CCCCNC1. The quantitative estimate of drug-likeness (QED) is 0.665. The van der Waals surface area contributed by atoms with Crippen LogP contribution in [0.15, 0.2) is 24.3 Å². The first-order chi connectivity index (χ1) is 9.24. The Balaban J connectivity index is 1.74. The Morgan fingerprint density at radius 1 is 1.42 bits per heavy atom. The number of amides is 2. The van der Waals surface area contributed by atoms with Crippen LogP contribution >= 0.6 is 0 Å². The van der Waals surface area contributed by atoms with Crippen molar-refractivity contribution in [2.24, 2.45) is 0 Å². The molecule has 4 N–H and O–H groups in total. The van der Waals surface area contributed by atoms with Gasteiger partial charge in [-0.2, -0.15) is 0 Å². The Hall–Kier alpha value is -1.75. The minimum absolute atomic E-state index is 0.156. The summed E-state index contributed by atoms with van der Waals surface area (Å²) in [4.78, 5) is 11.8. The second-order valence-electron chi connectivity index (χ2n) is 4.89. The maximum absolute atomic E-state index is 11.8. The van der Waals surface area contributed by atoms with Crippen LogP contribution in [-0.2, 0) is 6.54 Å². The molecule has 1 aliphatic rings. The zero-order valence-corrected chi connectivity index (χ0v) is 11.0. The number of hydrogen-bond donors (Lipinski definition) is 4. The van der Waals surface area contributed by atoms with E-state index < -0.39 is 0 Å². The second kappa shape index (κ2) is 6.99. The van der Waals surface area contributed by atoms with Crippen molar-refractivity contribution in [2.75, 3.05) is 13.1 Å². The van der Waals surface area contributed by atoms with Gasteiger partial charge in [0, 0.05) is 19.1 Å². The van der Waals surface area contributed by atoms with Crippen LogP contribution in [0.3, 0.4) is 0 Å². The van der Waals surface area contributed by atoms with Gasteiger partial charge in [0.1, 0.15) is 5.75 Å². The molecule has 0 aromatic heterocycles. The van der Waals surface area contributed by atoms with E-state index in [9.17, 15) is 9.90 Å². The third kappa shape index (κ3) is 4.79. The highest BCUT2D eigenvalue weighted by atomic mass is 16.3. The molecule has 0 aliphatic carbocycles. The molecule has 2 amide bonds. The summed E-state index contributed by atoms with van der Waals surface area (Å²) in [6.45, 7) is 2.28. The van der Waals surface area contributed by atoms with Crippen LogP contribution in [-0.4, -0.2) is 30.3 Å². The van der Waals surface area contributed by atoms with Gasteiger partial charge in [-0.25, -0.2) is 4.79 Å². The highest BCUT2D eigenvalue weighted by molar-refractivity contribution is 5.74. The summed E-state index contributed by atoms with van der Waals surface area (Å²) in [7, 11) is 0.